The molecular formula is C14H13BrO5. The average Bonchev–Trinajstić information content (AvgIpc) is 2.93. The lowest BCUT2D eigenvalue weighted by Gasteiger charge is -2.09. The van der Waals surface area contributed by atoms with Crippen LogP contribution in [0.5, 0.6) is 5.75 Å². The number of ether oxygens (including phenoxy) is 2. The Morgan fingerprint density at radius 3 is 2.85 bits per heavy atom. The summed E-state index contributed by atoms with van der Waals surface area (Å²) in [5, 5.41) is 9.26. The number of furan rings is 1. The highest BCUT2D eigenvalue weighted by Crippen LogP contribution is 2.24. The van der Waals surface area contributed by atoms with E-state index in [1.807, 2.05) is 6.07 Å². The molecule has 1 N–H and O–H groups in total. The number of aliphatic hydroxyl groups excluding tert-OH is 1. The predicted molar refractivity (Wildman–Crippen MR) is 74.4 cm³/mol. The summed E-state index contributed by atoms with van der Waals surface area (Å²) in [5.41, 5.74) is 0.666. The highest BCUT2D eigenvalue weighted by Gasteiger charge is 2.12. The standard InChI is InChI=1S/C14H13BrO5/c1-18-14(17)13-5-3-11(20-13)8-19-12-4-2-10(15)6-9(12)7-16/h2-6,16H,7-8H2,1H3. The fraction of sp³-hybridized carbons (Fsp3) is 0.214. The predicted octanol–water partition coefficient (Wildman–Crippen LogP) is 2.90. The molecule has 0 saturated heterocycles. The smallest absolute Gasteiger partial charge is 0.373 e. The summed E-state index contributed by atoms with van der Waals surface area (Å²) in [6.45, 7) is 0.0337. The zero-order valence-electron chi connectivity index (χ0n) is 10.8. The molecule has 2 rings (SSSR count). The number of esters is 1. The molecule has 0 aliphatic carbocycles. The van der Waals surface area contributed by atoms with E-state index in [1.165, 1.54) is 13.2 Å². The lowest BCUT2D eigenvalue weighted by molar-refractivity contribution is 0.0561. The van der Waals surface area contributed by atoms with Gasteiger partial charge in [0.2, 0.25) is 5.76 Å². The van der Waals surface area contributed by atoms with Gasteiger partial charge in [-0.1, -0.05) is 15.9 Å². The number of benzene rings is 1. The number of hydrogen-bond donors (Lipinski definition) is 1. The molecule has 106 valence electrons. The number of carbonyl (C=O) groups excluding carboxylic acids is 1. The molecule has 0 unspecified atom stereocenters. The van der Waals surface area contributed by atoms with Crippen LogP contribution in [0, 0.1) is 0 Å². The molecule has 2 aromatic rings. The van der Waals surface area contributed by atoms with Crippen molar-refractivity contribution in [1.29, 1.82) is 0 Å². The first kappa shape index (κ1) is 14.6. The first-order valence-corrected chi connectivity index (χ1v) is 6.62. The van der Waals surface area contributed by atoms with Crippen molar-refractivity contribution in [3.63, 3.8) is 0 Å². The monoisotopic (exact) mass is 340 g/mol. The Morgan fingerprint density at radius 2 is 2.15 bits per heavy atom. The van der Waals surface area contributed by atoms with Crippen LogP contribution in [-0.2, 0) is 18.0 Å². The molecule has 1 heterocycles. The molecule has 0 radical (unpaired) electrons. The van der Waals surface area contributed by atoms with Gasteiger partial charge in [0.25, 0.3) is 0 Å². The van der Waals surface area contributed by atoms with Gasteiger partial charge in [0.05, 0.1) is 13.7 Å². The number of aliphatic hydroxyl groups is 1. The molecule has 0 atom stereocenters. The first-order valence-electron chi connectivity index (χ1n) is 5.83. The van der Waals surface area contributed by atoms with Crippen molar-refractivity contribution in [3.8, 4) is 5.75 Å². The van der Waals surface area contributed by atoms with Gasteiger partial charge in [0.1, 0.15) is 18.1 Å². The van der Waals surface area contributed by atoms with Crippen LogP contribution in [0.1, 0.15) is 21.9 Å². The fourth-order valence-electron chi connectivity index (χ4n) is 1.63. The zero-order valence-corrected chi connectivity index (χ0v) is 12.3. The molecule has 0 spiro atoms. The van der Waals surface area contributed by atoms with Crippen LogP contribution in [0.3, 0.4) is 0 Å². The molecular weight excluding hydrogens is 328 g/mol. The van der Waals surface area contributed by atoms with Crippen molar-refractivity contribution >= 4 is 21.9 Å². The molecule has 20 heavy (non-hydrogen) atoms. The quantitative estimate of drug-likeness (QED) is 0.847. The van der Waals surface area contributed by atoms with Crippen LogP contribution < -0.4 is 4.74 Å². The Balaban J connectivity index is 2.05. The van der Waals surface area contributed by atoms with Crippen molar-refractivity contribution in [2.45, 2.75) is 13.2 Å². The number of halogens is 1. The molecule has 1 aromatic heterocycles. The summed E-state index contributed by atoms with van der Waals surface area (Å²) in [5.74, 6) is 0.657. The third-order valence-electron chi connectivity index (χ3n) is 2.61. The van der Waals surface area contributed by atoms with Crippen molar-refractivity contribution in [3.05, 3.63) is 51.9 Å². The summed E-state index contributed by atoms with van der Waals surface area (Å²) in [6.07, 6.45) is 0. The van der Waals surface area contributed by atoms with E-state index in [1.54, 1.807) is 18.2 Å². The molecule has 6 heteroatoms. The minimum atomic E-state index is -0.532. The Labute approximate surface area is 124 Å². The summed E-state index contributed by atoms with van der Waals surface area (Å²) in [7, 11) is 1.29. The zero-order chi connectivity index (χ0) is 14.5. The SMILES string of the molecule is COC(=O)c1ccc(COc2ccc(Br)cc2CO)o1. The Hall–Kier alpha value is -1.79. The van der Waals surface area contributed by atoms with Gasteiger partial charge >= 0.3 is 5.97 Å². The highest BCUT2D eigenvalue weighted by atomic mass is 79.9. The number of hydrogen-bond acceptors (Lipinski definition) is 5. The topological polar surface area (TPSA) is 68.9 Å². The summed E-state index contributed by atoms with van der Waals surface area (Å²) in [6, 6.07) is 8.51. The average molecular weight is 341 g/mol. The van der Waals surface area contributed by atoms with Crippen molar-refractivity contribution in [2.75, 3.05) is 7.11 Å². The minimum Gasteiger partial charge on any atom is -0.485 e. The molecule has 0 fully saturated rings. The van der Waals surface area contributed by atoms with E-state index < -0.39 is 5.97 Å². The highest BCUT2D eigenvalue weighted by molar-refractivity contribution is 9.10. The maximum atomic E-state index is 11.2. The maximum absolute atomic E-state index is 11.2. The largest absolute Gasteiger partial charge is 0.485 e. The number of methoxy groups -OCH3 is 1. The lowest BCUT2D eigenvalue weighted by Crippen LogP contribution is -2.00. The lowest BCUT2D eigenvalue weighted by atomic mass is 10.2. The second-order valence-corrected chi connectivity index (χ2v) is 4.87. The molecule has 0 aliphatic rings. The van der Waals surface area contributed by atoms with Crippen LogP contribution in [0.4, 0.5) is 0 Å². The van der Waals surface area contributed by atoms with Crippen LogP contribution in [0.2, 0.25) is 0 Å². The fourth-order valence-corrected chi connectivity index (χ4v) is 2.04. The summed E-state index contributed by atoms with van der Waals surface area (Å²) >= 11 is 3.32. The number of rotatable bonds is 5. The third-order valence-corrected chi connectivity index (χ3v) is 3.10. The van der Waals surface area contributed by atoms with E-state index in [9.17, 15) is 9.90 Å². The third kappa shape index (κ3) is 3.40. The second-order valence-electron chi connectivity index (χ2n) is 3.96. The minimum absolute atomic E-state index is 0.125. The van der Waals surface area contributed by atoms with Gasteiger partial charge in [-0.25, -0.2) is 4.79 Å². The van der Waals surface area contributed by atoms with Crippen LogP contribution in [0.25, 0.3) is 0 Å². The number of carbonyl (C=O) groups is 1. The summed E-state index contributed by atoms with van der Waals surface area (Å²) < 4.78 is 16.3. The van der Waals surface area contributed by atoms with E-state index in [2.05, 4.69) is 20.7 Å². The van der Waals surface area contributed by atoms with E-state index in [0.717, 1.165) is 4.47 Å². The van der Waals surface area contributed by atoms with Crippen molar-refractivity contribution in [2.24, 2.45) is 0 Å². The molecule has 0 bridgehead atoms. The van der Waals surface area contributed by atoms with E-state index in [-0.39, 0.29) is 19.0 Å². The van der Waals surface area contributed by atoms with Gasteiger partial charge in [0.15, 0.2) is 0 Å². The van der Waals surface area contributed by atoms with Crippen molar-refractivity contribution < 1.29 is 23.8 Å². The van der Waals surface area contributed by atoms with Crippen molar-refractivity contribution in [1.82, 2.24) is 0 Å². The van der Waals surface area contributed by atoms with E-state index in [4.69, 9.17) is 9.15 Å². The Kier molecular flexibility index (Phi) is 4.81. The van der Waals surface area contributed by atoms with Gasteiger partial charge in [0, 0.05) is 10.0 Å². The molecule has 0 amide bonds. The molecule has 1 aromatic carbocycles. The van der Waals surface area contributed by atoms with E-state index in [0.29, 0.717) is 17.1 Å². The van der Waals surface area contributed by atoms with Gasteiger partial charge in [-0.05, 0) is 30.3 Å². The normalized spacial score (nSPS) is 10.3. The van der Waals surface area contributed by atoms with E-state index >= 15 is 0 Å². The van der Waals surface area contributed by atoms with Crippen LogP contribution in [-0.4, -0.2) is 18.2 Å². The van der Waals surface area contributed by atoms with Crippen LogP contribution >= 0.6 is 15.9 Å². The first-order chi connectivity index (χ1) is 9.63. The molecule has 5 nitrogen and oxygen atoms in total. The van der Waals surface area contributed by atoms with Crippen LogP contribution in [0.15, 0.2) is 39.2 Å². The Morgan fingerprint density at radius 1 is 1.35 bits per heavy atom. The maximum Gasteiger partial charge on any atom is 0.373 e. The summed E-state index contributed by atoms with van der Waals surface area (Å²) in [4.78, 5) is 11.2. The van der Waals surface area contributed by atoms with Gasteiger partial charge in [-0.3, -0.25) is 0 Å². The van der Waals surface area contributed by atoms with Gasteiger partial charge in [-0.15, -0.1) is 0 Å². The second kappa shape index (κ2) is 6.58. The molecule has 0 saturated carbocycles. The Bertz CT molecular complexity index is 605. The van der Waals surface area contributed by atoms with Gasteiger partial charge < -0.3 is 19.0 Å². The molecule has 0 aliphatic heterocycles. The van der Waals surface area contributed by atoms with Gasteiger partial charge in [-0.2, -0.15) is 0 Å².